The molecule has 0 aliphatic heterocycles. The van der Waals surface area contributed by atoms with Gasteiger partial charge in [-0.25, -0.2) is 0 Å². The predicted octanol–water partition coefficient (Wildman–Crippen LogP) is 4.10. The van der Waals surface area contributed by atoms with E-state index >= 15 is 0 Å². The van der Waals surface area contributed by atoms with Gasteiger partial charge in [-0.1, -0.05) is 49.8 Å². The van der Waals surface area contributed by atoms with Crippen molar-refractivity contribution in [3.8, 4) is 0 Å². The first-order valence-electron chi connectivity index (χ1n) is 6.32. The predicted molar refractivity (Wildman–Crippen MR) is 76.5 cm³/mol. The number of halogens is 1. The largest absolute Gasteiger partial charge is 0.0958 e. The van der Waals surface area contributed by atoms with E-state index in [-0.39, 0.29) is 15.7 Å². The maximum absolute atomic E-state index is 6.70. The zero-order valence-electron chi connectivity index (χ0n) is 9.05. The minimum atomic E-state index is -0.145. The second kappa shape index (κ2) is 7.18. The van der Waals surface area contributed by atoms with E-state index in [1.165, 1.54) is 64.2 Å². The van der Waals surface area contributed by atoms with Crippen molar-refractivity contribution in [3.05, 3.63) is 0 Å². The molecule has 0 aromatic rings. The summed E-state index contributed by atoms with van der Waals surface area (Å²) in [5.41, 5.74) is 1.84. The molecule has 2 aliphatic rings. The fourth-order valence-corrected chi connectivity index (χ4v) is 6.44. The molecule has 0 bridgehead atoms. The first kappa shape index (κ1) is 13.8. The van der Waals surface area contributed by atoms with Crippen molar-refractivity contribution in [1.82, 2.24) is 0 Å². The summed E-state index contributed by atoms with van der Waals surface area (Å²) in [5.74, 6) is 0. The maximum Gasteiger partial charge on any atom is 0.0814 e. The molecule has 0 heterocycles. The van der Waals surface area contributed by atoms with E-state index in [2.05, 4.69) is 0 Å². The van der Waals surface area contributed by atoms with Gasteiger partial charge in [0.2, 0.25) is 0 Å². The van der Waals surface area contributed by atoms with Gasteiger partial charge in [0.15, 0.2) is 0 Å². The molecule has 0 aromatic carbocycles. The molecule has 0 radical (unpaired) electrons. The van der Waals surface area contributed by atoms with Gasteiger partial charge < -0.3 is 0 Å². The SMILES string of the molecule is B.ClP(C1CCCCC1)C1CCCCC1. The van der Waals surface area contributed by atoms with Gasteiger partial charge in [0.1, 0.15) is 0 Å². The molecule has 0 nitrogen and oxygen atoms in total. The lowest BCUT2D eigenvalue weighted by Crippen LogP contribution is -2.17. The van der Waals surface area contributed by atoms with E-state index in [9.17, 15) is 0 Å². The van der Waals surface area contributed by atoms with Crippen LogP contribution in [0.2, 0.25) is 0 Å². The molecular formula is C12H25BClP. The van der Waals surface area contributed by atoms with Crippen molar-refractivity contribution in [2.75, 3.05) is 0 Å². The van der Waals surface area contributed by atoms with Gasteiger partial charge in [-0.3, -0.25) is 0 Å². The van der Waals surface area contributed by atoms with Crippen molar-refractivity contribution < 1.29 is 0 Å². The fraction of sp³-hybridized carbons (Fsp3) is 1.00. The second-order valence-corrected chi connectivity index (χ2v) is 8.25. The number of rotatable bonds is 2. The third-order valence-corrected chi connectivity index (χ3v) is 7.93. The standard InChI is InChI=1S/C12H22ClP.BH3/c13-14(11-7-3-1-4-8-11)12-9-5-2-6-10-12;/h11-12H,1-10H2;1H3. The van der Waals surface area contributed by atoms with Crippen LogP contribution in [-0.4, -0.2) is 19.7 Å². The molecule has 88 valence electrons. The summed E-state index contributed by atoms with van der Waals surface area (Å²) in [6.07, 6.45) is 14.5. The zero-order chi connectivity index (χ0) is 9.80. The maximum atomic E-state index is 6.70. The molecule has 2 saturated carbocycles. The molecule has 2 aliphatic carbocycles. The molecule has 2 fully saturated rings. The summed E-state index contributed by atoms with van der Waals surface area (Å²) in [6.45, 7) is 0. The molecule has 0 amide bonds. The highest BCUT2D eigenvalue weighted by Crippen LogP contribution is 2.59. The Kier molecular flexibility index (Phi) is 6.63. The first-order chi connectivity index (χ1) is 6.88. The topological polar surface area (TPSA) is 0 Å². The normalized spacial score (nSPS) is 25.2. The average molecular weight is 247 g/mol. The fourth-order valence-electron chi connectivity index (χ4n) is 2.95. The van der Waals surface area contributed by atoms with Crippen molar-refractivity contribution in [1.29, 1.82) is 0 Å². The zero-order valence-corrected chi connectivity index (χ0v) is 10.7. The lowest BCUT2D eigenvalue weighted by Gasteiger charge is -2.33. The van der Waals surface area contributed by atoms with E-state index in [0.29, 0.717) is 0 Å². The Hall–Kier alpha value is 0.785. The van der Waals surface area contributed by atoms with Crippen molar-refractivity contribution in [3.63, 3.8) is 0 Å². The molecule has 0 saturated heterocycles. The summed E-state index contributed by atoms with van der Waals surface area (Å²) in [6, 6.07) is 0. The molecule has 15 heavy (non-hydrogen) atoms. The van der Waals surface area contributed by atoms with Crippen molar-refractivity contribution >= 4 is 26.9 Å². The Bertz CT molecular complexity index is 147. The molecule has 0 unspecified atom stereocenters. The molecule has 2 rings (SSSR count). The molecule has 0 N–H and O–H groups in total. The van der Waals surface area contributed by atoms with Crippen LogP contribution in [0.4, 0.5) is 0 Å². The Morgan fingerprint density at radius 3 is 1.33 bits per heavy atom. The second-order valence-electron chi connectivity index (χ2n) is 4.93. The van der Waals surface area contributed by atoms with Gasteiger partial charge in [0, 0.05) is 0 Å². The summed E-state index contributed by atoms with van der Waals surface area (Å²) in [4.78, 5) is 0. The van der Waals surface area contributed by atoms with Crippen LogP contribution < -0.4 is 0 Å². The van der Waals surface area contributed by atoms with Gasteiger partial charge in [0.25, 0.3) is 0 Å². The van der Waals surface area contributed by atoms with E-state index in [4.69, 9.17) is 11.2 Å². The summed E-state index contributed by atoms with van der Waals surface area (Å²) in [7, 11) is -0.145. The Morgan fingerprint density at radius 2 is 1.00 bits per heavy atom. The first-order valence-corrected chi connectivity index (χ1v) is 8.70. The van der Waals surface area contributed by atoms with E-state index in [1.807, 2.05) is 0 Å². The van der Waals surface area contributed by atoms with Crippen LogP contribution in [0.1, 0.15) is 64.2 Å². The van der Waals surface area contributed by atoms with Crippen LogP contribution in [0, 0.1) is 0 Å². The molecule has 0 atom stereocenters. The van der Waals surface area contributed by atoms with Crippen LogP contribution in [0.15, 0.2) is 0 Å². The summed E-state index contributed by atoms with van der Waals surface area (Å²) in [5, 5.41) is 0. The number of hydrogen-bond donors (Lipinski definition) is 0. The minimum absolute atomic E-state index is 0. The highest BCUT2D eigenvalue weighted by Gasteiger charge is 2.29. The Labute approximate surface area is 103 Å². The third-order valence-electron chi connectivity index (χ3n) is 3.85. The third kappa shape index (κ3) is 3.93. The lowest BCUT2D eigenvalue weighted by molar-refractivity contribution is 0.488. The van der Waals surface area contributed by atoms with Crippen molar-refractivity contribution in [2.45, 2.75) is 75.5 Å². The monoisotopic (exact) mass is 246 g/mol. The van der Waals surface area contributed by atoms with E-state index < -0.39 is 0 Å². The minimum Gasteiger partial charge on any atom is -0.0958 e. The van der Waals surface area contributed by atoms with Gasteiger partial charge in [-0.05, 0) is 44.3 Å². The molecular weight excluding hydrogens is 221 g/mol. The summed E-state index contributed by atoms with van der Waals surface area (Å²) >= 11 is 6.70. The van der Waals surface area contributed by atoms with Crippen LogP contribution >= 0.6 is 18.5 Å². The quantitative estimate of drug-likeness (QED) is 0.508. The molecule has 0 spiro atoms. The molecule has 0 aromatic heterocycles. The van der Waals surface area contributed by atoms with Crippen LogP contribution in [-0.2, 0) is 0 Å². The number of hydrogen-bond acceptors (Lipinski definition) is 0. The van der Waals surface area contributed by atoms with E-state index in [1.54, 1.807) is 0 Å². The summed E-state index contributed by atoms with van der Waals surface area (Å²) < 4.78 is 0. The Morgan fingerprint density at radius 1 is 0.667 bits per heavy atom. The van der Waals surface area contributed by atoms with Crippen molar-refractivity contribution in [2.24, 2.45) is 0 Å². The lowest BCUT2D eigenvalue weighted by atomic mass is 10.00. The Balaban J connectivity index is 0.00000112. The molecule has 3 heteroatoms. The van der Waals surface area contributed by atoms with Crippen LogP contribution in [0.5, 0.6) is 0 Å². The van der Waals surface area contributed by atoms with Crippen LogP contribution in [0.3, 0.4) is 0 Å². The van der Waals surface area contributed by atoms with Gasteiger partial charge >= 0.3 is 0 Å². The average Bonchev–Trinajstić information content (AvgIpc) is 2.30. The smallest absolute Gasteiger partial charge is 0.0814 e. The van der Waals surface area contributed by atoms with Gasteiger partial charge in [-0.15, -0.1) is 0 Å². The highest BCUT2D eigenvalue weighted by atomic mass is 35.7. The van der Waals surface area contributed by atoms with Gasteiger partial charge in [-0.2, -0.15) is 0 Å². The highest BCUT2D eigenvalue weighted by molar-refractivity contribution is 7.85. The van der Waals surface area contributed by atoms with Gasteiger partial charge in [0.05, 0.1) is 8.41 Å². The van der Waals surface area contributed by atoms with Crippen LogP contribution in [0.25, 0.3) is 0 Å². The van der Waals surface area contributed by atoms with E-state index in [0.717, 1.165) is 11.3 Å².